The van der Waals surface area contributed by atoms with Crippen molar-refractivity contribution in [2.24, 2.45) is 5.92 Å². The van der Waals surface area contributed by atoms with E-state index in [1.807, 2.05) is 66.4 Å². The van der Waals surface area contributed by atoms with E-state index in [2.05, 4.69) is 10.1 Å². The number of carbonyl (C=O) groups is 1. The Morgan fingerprint density at radius 2 is 1.93 bits per heavy atom. The van der Waals surface area contributed by atoms with Crippen molar-refractivity contribution in [3.8, 4) is 11.4 Å². The number of hydrogen-bond acceptors (Lipinski definition) is 4. The van der Waals surface area contributed by atoms with Gasteiger partial charge < -0.3 is 9.42 Å². The molecule has 2 heterocycles. The second kappa shape index (κ2) is 8.38. The smallest absolute Gasteiger partial charge is 0.227 e. The number of carbonyl (C=O) groups excluding carboxylic acids is 1. The summed E-state index contributed by atoms with van der Waals surface area (Å²) in [6.07, 6.45) is 3.28. The van der Waals surface area contributed by atoms with E-state index in [0.29, 0.717) is 30.5 Å². The molecule has 1 amide bonds. The molecule has 1 fully saturated rings. The molecule has 0 bridgehead atoms. The predicted molar refractivity (Wildman–Crippen MR) is 108 cm³/mol. The average molecular weight is 375 g/mol. The Morgan fingerprint density at radius 3 is 2.75 bits per heavy atom. The summed E-state index contributed by atoms with van der Waals surface area (Å²) in [5.41, 5.74) is 3.19. The lowest BCUT2D eigenvalue weighted by atomic mass is 9.94. The number of amides is 1. The first-order valence-electron chi connectivity index (χ1n) is 9.89. The van der Waals surface area contributed by atoms with Crippen molar-refractivity contribution in [1.29, 1.82) is 0 Å². The van der Waals surface area contributed by atoms with Crippen molar-refractivity contribution in [3.63, 3.8) is 0 Å². The highest BCUT2D eigenvalue weighted by Crippen LogP contribution is 2.24. The molecule has 3 aromatic rings. The summed E-state index contributed by atoms with van der Waals surface area (Å²) in [4.78, 5) is 19.2. The number of aryl methyl sites for hydroxylation is 1. The molecule has 5 nitrogen and oxygen atoms in total. The third-order valence-electron chi connectivity index (χ3n) is 5.39. The fourth-order valence-corrected chi connectivity index (χ4v) is 3.86. The van der Waals surface area contributed by atoms with Crippen LogP contribution in [-0.2, 0) is 17.6 Å². The lowest BCUT2D eigenvalue weighted by Gasteiger charge is -2.32. The molecule has 2 aromatic carbocycles. The molecule has 1 aliphatic heterocycles. The molecule has 0 aliphatic carbocycles. The molecule has 1 aromatic heterocycles. The molecule has 4 rings (SSSR count). The first-order valence-corrected chi connectivity index (χ1v) is 9.89. The van der Waals surface area contributed by atoms with E-state index in [-0.39, 0.29) is 5.91 Å². The van der Waals surface area contributed by atoms with E-state index in [4.69, 9.17) is 4.52 Å². The summed E-state index contributed by atoms with van der Waals surface area (Å²) < 4.78 is 5.50. The van der Waals surface area contributed by atoms with Gasteiger partial charge in [0.05, 0.1) is 6.42 Å². The van der Waals surface area contributed by atoms with E-state index < -0.39 is 0 Å². The molecule has 5 heteroatoms. The van der Waals surface area contributed by atoms with E-state index >= 15 is 0 Å². The lowest BCUT2D eigenvalue weighted by molar-refractivity contribution is -0.132. The maximum absolute atomic E-state index is 12.7. The lowest BCUT2D eigenvalue weighted by Crippen LogP contribution is -2.41. The highest BCUT2D eigenvalue weighted by atomic mass is 16.5. The molecule has 0 saturated carbocycles. The standard InChI is InChI=1S/C23H25N3O2/c1-17-8-5-6-12-20(17)23-24-21(28-25-23)14-19-11-7-13-26(16-19)22(27)15-18-9-3-2-4-10-18/h2-6,8-10,12,19H,7,11,13-16H2,1H3. The molecule has 0 radical (unpaired) electrons. The molecule has 28 heavy (non-hydrogen) atoms. The summed E-state index contributed by atoms with van der Waals surface area (Å²) in [6, 6.07) is 18.0. The Balaban J connectivity index is 1.38. The van der Waals surface area contributed by atoms with Crippen LogP contribution >= 0.6 is 0 Å². The van der Waals surface area contributed by atoms with E-state index in [1.165, 1.54) is 0 Å². The van der Waals surface area contributed by atoms with Gasteiger partial charge in [-0.15, -0.1) is 0 Å². The molecule has 0 spiro atoms. The topological polar surface area (TPSA) is 59.2 Å². The molecule has 1 unspecified atom stereocenters. The SMILES string of the molecule is Cc1ccccc1-c1noc(CC2CCCN(C(=O)Cc3ccccc3)C2)n1. The third kappa shape index (κ3) is 4.30. The van der Waals surface area contributed by atoms with Gasteiger partial charge in [-0.1, -0.05) is 59.8 Å². The quantitative estimate of drug-likeness (QED) is 0.674. The van der Waals surface area contributed by atoms with Crippen LogP contribution in [0.25, 0.3) is 11.4 Å². The van der Waals surface area contributed by atoms with Gasteiger partial charge in [-0.3, -0.25) is 4.79 Å². The van der Waals surface area contributed by atoms with Crippen molar-refractivity contribution < 1.29 is 9.32 Å². The van der Waals surface area contributed by atoms with E-state index in [1.54, 1.807) is 0 Å². The maximum atomic E-state index is 12.7. The summed E-state index contributed by atoms with van der Waals surface area (Å²) >= 11 is 0. The monoisotopic (exact) mass is 375 g/mol. The summed E-state index contributed by atoms with van der Waals surface area (Å²) in [5, 5.41) is 4.16. The zero-order valence-corrected chi connectivity index (χ0v) is 16.2. The summed E-state index contributed by atoms with van der Waals surface area (Å²) in [5.74, 6) is 1.85. The Labute approximate surface area is 165 Å². The van der Waals surface area contributed by atoms with Gasteiger partial charge in [-0.25, -0.2) is 0 Å². The van der Waals surface area contributed by atoms with Crippen molar-refractivity contribution in [2.45, 2.75) is 32.6 Å². The van der Waals surface area contributed by atoms with Crippen LogP contribution in [0.3, 0.4) is 0 Å². The molecule has 1 atom stereocenters. The van der Waals surface area contributed by atoms with Crippen LogP contribution in [0.1, 0.15) is 29.9 Å². The van der Waals surface area contributed by atoms with Gasteiger partial charge in [0.2, 0.25) is 17.6 Å². The Bertz CT molecular complexity index is 936. The van der Waals surface area contributed by atoms with Crippen LogP contribution in [0.15, 0.2) is 59.1 Å². The van der Waals surface area contributed by atoms with Gasteiger partial charge >= 0.3 is 0 Å². The Hall–Kier alpha value is -2.95. The number of nitrogens with zero attached hydrogens (tertiary/aromatic N) is 3. The van der Waals surface area contributed by atoms with Gasteiger partial charge in [0.1, 0.15) is 0 Å². The van der Waals surface area contributed by atoms with Crippen LogP contribution in [0.4, 0.5) is 0 Å². The molecule has 1 aliphatic rings. The minimum atomic E-state index is 0.196. The number of benzene rings is 2. The largest absolute Gasteiger partial charge is 0.342 e. The van der Waals surface area contributed by atoms with Crippen molar-refractivity contribution in [2.75, 3.05) is 13.1 Å². The van der Waals surface area contributed by atoms with E-state index in [0.717, 1.165) is 42.6 Å². The van der Waals surface area contributed by atoms with Gasteiger partial charge in [-0.2, -0.15) is 4.98 Å². The van der Waals surface area contributed by atoms with Crippen molar-refractivity contribution in [1.82, 2.24) is 15.0 Å². The number of aromatic nitrogens is 2. The second-order valence-electron chi connectivity index (χ2n) is 7.54. The minimum absolute atomic E-state index is 0.196. The molecular formula is C23H25N3O2. The van der Waals surface area contributed by atoms with Gasteiger partial charge in [0.15, 0.2) is 0 Å². The maximum Gasteiger partial charge on any atom is 0.227 e. The summed E-state index contributed by atoms with van der Waals surface area (Å²) in [7, 11) is 0. The molecule has 1 saturated heterocycles. The average Bonchev–Trinajstić information content (AvgIpc) is 3.17. The Morgan fingerprint density at radius 1 is 1.14 bits per heavy atom. The van der Waals surface area contributed by atoms with Crippen molar-refractivity contribution in [3.05, 3.63) is 71.6 Å². The fraction of sp³-hybridized carbons (Fsp3) is 0.348. The predicted octanol–water partition coefficient (Wildman–Crippen LogP) is 4.07. The number of hydrogen-bond donors (Lipinski definition) is 0. The Kier molecular flexibility index (Phi) is 5.51. The van der Waals surface area contributed by atoms with Crippen LogP contribution < -0.4 is 0 Å². The first-order chi connectivity index (χ1) is 13.7. The van der Waals surface area contributed by atoms with Gasteiger partial charge in [-0.05, 0) is 36.8 Å². The normalized spacial score (nSPS) is 16.9. The number of rotatable bonds is 5. The molecule has 144 valence electrons. The van der Waals surface area contributed by atoms with Crippen molar-refractivity contribution >= 4 is 5.91 Å². The zero-order valence-electron chi connectivity index (χ0n) is 16.2. The highest BCUT2D eigenvalue weighted by molar-refractivity contribution is 5.78. The fourth-order valence-electron chi connectivity index (χ4n) is 3.86. The van der Waals surface area contributed by atoms with Crippen LogP contribution in [-0.4, -0.2) is 34.0 Å². The second-order valence-corrected chi connectivity index (χ2v) is 7.54. The van der Waals surface area contributed by atoms with Crippen LogP contribution in [0.2, 0.25) is 0 Å². The molecular weight excluding hydrogens is 350 g/mol. The number of piperidine rings is 1. The summed E-state index contributed by atoms with van der Waals surface area (Å²) in [6.45, 7) is 3.64. The van der Waals surface area contributed by atoms with Gasteiger partial charge in [0.25, 0.3) is 0 Å². The van der Waals surface area contributed by atoms with Crippen LogP contribution in [0, 0.1) is 12.8 Å². The van der Waals surface area contributed by atoms with Crippen LogP contribution in [0.5, 0.6) is 0 Å². The van der Waals surface area contributed by atoms with E-state index in [9.17, 15) is 4.79 Å². The zero-order chi connectivity index (χ0) is 19.3. The third-order valence-corrected chi connectivity index (χ3v) is 5.39. The highest BCUT2D eigenvalue weighted by Gasteiger charge is 2.25. The van der Waals surface area contributed by atoms with Gasteiger partial charge in [0, 0.05) is 25.1 Å². The first kappa shape index (κ1) is 18.4. The number of likely N-dealkylation sites (tertiary alicyclic amines) is 1. The molecule has 0 N–H and O–H groups in total. The minimum Gasteiger partial charge on any atom is -0.342 e.